The second kappa shape index (κ2) is 7.37. The molecular formula is C19H23NO5. The van der Waals surface area contributed by atoms with Crippen molar-refractivity contribution >= 4 is 16.9 Å². The van der Waals surface area contributed by atoms with Crippen molar-refractivity contribution in [2.24, 2.45) is 5.92 Å². The molecule has 0 saturated carbocycles. The van der Waals surface area contributed by atoms with E-state index >= 15 is 0 Å². The van der Waals surface area contributed by atoms with Crippen LogP contribution in [-0.4, -0.2) is 42.3 Å². The molecule has 1 fully saturated rings. The third-order valence-electron chi connectivity index (χ3n) is 4.83. The van der Waals surface area contributed by atoms with E-state index in [0.29, 0.717) is 25.2 Å². The number of β-amino-alcohol motifs (C(OH)–C–C–N with tert-alkyl or cyclic N) is 1. The highest BCUT2D eigenvalue weighted by Crippen LogP contribution is 2.25. The first-order valence-electron chi connectivity index (χ1n) is 8.53. The van der Waals surface area contributed by atoms with Gasteiger partial charge in [-0.1, -0.05) is 13.0 Å². The zero-order chi connectivity index (χ0) is 18.0. The number of hydrogen-bond donors (Lipinski definition) is 1. The van der Waals surface area contributed by atoms with E-state index in [4.69, 9.17) is 9.15 Å². The van der Waals surface area contributed by atoms with Crippen LogP contribution < -0.4 is 5.63 Å². The average molecular weight is 345 g/mol. The Bertz CT molecular complexity index is 828. The summed E-state index contributed by atoms with van der Waals surface area (Å²) in [5.41, 5.74) is 2.25. The zero-order valence-electron chi connectivity index (χ0n) is 14.5. The first-order chi connectivity index (χ1) is 12.0. The molecule has 0 radical (unpaired) electrons. The predicted molar refractivity (Wildman–Crippen MR) is 93.3 cm³/mol. The minimum absolute atomic E-state index is 0.148. The number of aliphatic hydroxyl groups excluding tert-OH is 1. The molecule has 0 aliphatic carbocycles. The number of methoxy groups -OCH3 is 1. The highest BCUT2D eigenvalue weighted by atomic mass is 16.5. The molecule has 0 bridgehead atoms. The fourth-order valence-electron chi connectivity index (χ4n) is 3.44. The molecule has 0 unspecified atom stereocenters. The lowest BCUT2D eigenvalue weighted by atomic mass is 10.0. The van der Waals surface area contributed by atoms with E-state index in [1.54, 1.807) is 0 Å². The van der Waals surface area contributed by atoms with Crippen LogP contribution in [0.3, 0.4) is 0 Å². The second-order valence-electron chi connectivity index (χ2n) is 6.58. The molecule has 2 atom stereocenters. The normalized spacial score (nSPS) is 20.9. The van der Waals surface area contributed by atoms with Gasteiger partial charge in [0.1, 0.15) is 5.58 Å². The molecule has 1 aromatic heterocycles. The number of nitrogens with zero attached hydrogens (tertiary/aromatic N) is 1. The maximum absolute atomic E-state index is 11.8. The first kappa shape index (κ1) is 17.6. The number of carbonyl (C=O) groups excluding carboxylic acids is 1. The Morgan fingerprint density at radius 3 is 2.88 bits per heavy atom. The molecule has 1 saturated heterocycles. The van der Waals surface area contributed by atoms with Crippen molar-refractivity contribution in [2.45, 2.75) is 32.4 Å². The highest BCUT2D eigenvalue weighted by molar-refractivity contribution is 5.81. The van der Waals surface area contributed by atoms with Gasteiger partial charge in [0.2, 0.25) is 0 Å². The van der Waals surface area contributed by atoms with Crippen molar-refractivity contribution in [3.05, 3.63) is 45.8 Å². The van der Waals surface area contributed by atoms with Crippen LogP contribution in [0.5, 0.6) is 0 Å². The third-order valence-corrected chi connectivity index (χ3v) is 4.83. The Hall–Kier alpha value is -2.18. The predicted octanol–water partition coefficient (Wildman–Crippen LogP) is 1.71. The number of likely N-dealkylation sites (tertiary alicyclic amines) is 1. The van der Waals surface area contributed by atoms with Crippen molar-refractivity contribution in [3.8, 4) is 0 Å². The molecule has 134 valence electrons. The monoisotopic (exact) mass is 345 g/mol. The van der Waals surface area contributed by atoms with Crippen LogP contribution in [-0.2, 0) is 22.5 Å². The van der Waals surface area contributed by atoms with Gasteiger partial charge in [-0.05, 0) is 29.7 Å². The number of fused-ring (bicyclic) bond motifs is 1. The smallest absolute Gasteiger partial charge is 0.336 e. The Labute approximate surface area is 146 Å². The van der Waals surface area contributed by atoms with E-state index in [0.717, 1.165) is 17.4 Å². The maximum Gasteiger partial charge on any atom is 0.336 e. The van der Waals surface area contributed by atoms with Gasteiger partial charge in [0.15, 0.2) is 0 Å². The number of aliphatic hydroxyl groups is 1. The number of aryl methyl sites for hydroxylation is 1. The molecular weight excluding hydrogens is 322 g/mol. The van der Waals surface area contributed by atoms with Crippen molar-refractivity contribution in [1.29, 1.82) is 0 Å². The van der Waals surface area contributed by atoms with Crippen LogP contribution in [0.2, 0.25) is 0 Å². The number of esters is 1. The lowest BCUT2D eigenvalue weighted by Crippen LogP contribution is -2.22. The molecule has 25 heavy (non-hydrogen) atoms. The van der Waals surface area contributed by atoms with E-state index in [1.807, 2.05) is 18.2 Å². The van der Waals surface area contributed by atoms with Gasteiger partial charge in [-0.15, -0.1) is 0 Å². The van der Waals surface area contributed by atoms with Crippen LogP contribution in [0.15, 0.2) is 33.5 Å². The summed E-state index contributed by atoms with van der Waals surface area (Å²) in [6, 6.07) is 7.35. The Morgan fingerprint density at radius 2 is 2.16 bits per heavy atom. The van der Waals surface area contributed by atoms with Gasteiger partial charge in [0.05, 0.1) is 19.6 Å². The van der Waals surface area contributed by atoms with E-state index < -0.39 is 6.10 Å². The molecule has 0 spiro atoms. The SMILES string of the molecule is CCc1ccc2oc(=O)cc(CN3C[C@@H](CC(=O)OC)[C@H](O)C3)c2c1. The van der Waals surface area contributed by atoms with Crippen LogP contribution in [0, 0.1) is 5.92 Å². The molecule has 2 heterocycles. The number of carbonyl (C=O) groups is 1. The largest absolute Gasteiger partial charge is 0.469 e. The molecule has 1 aliphatic rings. The van der Waals surface area contributed by atoms with Crippen molar-refractivity contribution in [2.75, 3.05) is 20.2 Å². The summed E-state index contributed by atoms with van der Waals surface area (Å²) in [7, 11) is 1.35. The van der Waals surface area contributed by atoms with Gasteiger partial charge in [-0.3, -0.25) is 9.69 Å². The number of rotatable bonds is 5. The van der Waals surface area contributed by atoms with Gasteiger partial charge < -0.3 is 14.3 Å². The molecule has 1 aliphatic heterocycles. The van der Waals surface area contributed by atoms with Crippen LogP contribution >= 0.6 is 0 Å². The minimum Gasteiger partial charge on any atom is -0.469 e. The van der Waals surface area contributed by atoms with Gasteiger partial charge in [0, 0.05) is 37.0 Å². The summed E-state index contributed by atoms with van der Waals surface area (Å²) in [5, 5.41) is 11.1. The Morgan fingerprint density at radius 1 is 1.36 bits per heavy atom. The first-order valence-corrected chi connectivity index (χ1v) is 8.53. The summed E-state index contributed by atoms with van der Waals surface area (Å²) in [5.74, 6) is -0.464. The molecule has 6 heteroatoms. The van der Waals surface area contributed by atoms with Gasteiger partial charge in [0.25, 0.3) is 0 Å². The fourth-order valence-corrected chi connectivity index (χ4v) is 3.44. The lowest BCUT2D eigenvalue weighted by Gasteiger charge is -2.16. The fraction of sp³-hybridized carbons (Fsp3) is 0.474. The molecule has 6 nitrogen and oxygen atoms in total. The highest BCUT2D eigenvalue weighted by Gasteiger charge is 2.33. The second-order valence-corrected chi connectivity index (χ2v) is 6.58. The summed E-state index contributed by atoms with van der Waals surface area (Å²) in [4.78, 5) is 25.4. The third kappa shape index (κ3) is 3.91. The average Bonchev–Trinajstić information content (AvgIpc) is 2.93. The van der Waals surface area contributed by atoms with Crippen molar-refractivity contribution in [1.82, 2.24) is 4.90 Å². The number of ether oxygens (including phenoxy) is 1. The van der Waals surface area contributed by atoms with Crippen molar-refractivity contribution < 1.29 is 19.1 Å². The van der Waals surface area contributed by atoms with Crippen molar-refractivity contribution in [3.63, 3.8) is 0 Å². The van der Waals surface area contributed by atoms with E-state index in [9.17, 15) is 14.7 Å². The minimum atomic E-state index is -0.573. The van der Waals surface area contributed by atoms with Gasteiger partial charge in [-0.25, -0.2) is 4.79 Å². The summed E-state index contributed by atoms with van der Waals surface area (Å²) in [6.45, 7) is 3.67. The number of benzene rings is 1. The number of hydrogen-bond acceptors (Lipinski definition) is 6. The Balaban J connectivity index is 1.83. The van der Waals surface area contributed by atoms with Crippen LogP contribution in [0.4, 0.5) is 0 Å². The Kier molecular flexibility index (Phi) is 5.20. The van der Waals surface area contributed by atoms with E-state index in [-0.39, 0.29) is 23.9 Å². The molecule has 1 N–H and O–H groups in total. The molecule has 3 rings (SSSR count). The summed E-state index contributed by atoms with van der Waals surface area (Å²) in [6.07, 6.45) is 0.529. The van der Waals surface area contributed by atoms with Crippen LogP contribution in [0.1, 0.15) is 24.5 Å². The van der Waals surface area contributed by atoms with E-state index in [2.05, 4.69) is 11.8 Å². The molecule has 2 aromatic rings. The van der Waals surface area contributed by atoms with Gasteiger partial charge >= 0.3 is 11.6 Å². The molecule has 0 amide bonds. The summed E-state index contributed by atoms with van der Waals surface area (Å²) < 4.78 is 9.98. The maximum atomic E-state index is 11.8. The standard InChI is InChI=1S/C19H23NO5/c1-3-12-4-5-17-15(6-12)13(7-19(23)25-17)9-20-10-14(16(21)11-20)8-18(22)24-2/h4-7,14,16,21H,3,8-11H2,1-2H3/t14-,16-/m1/s1. The summed E-state index contributed by atoms with van der Waals surface area (Å²) >= 11 is 0. The topological polar surface area (TPSA) is 80.0 Å². The zero-order valence-corrected chi connectivity index (χ0v) is 14.5. The lowest BCUT2D eigenvalue weighted by molar-refractivity contribution is -0.142. The van der Waals surface area contributed by atoms with Crippen LogP contribution in [0.25, 0.3) is 11.0 Å². The van der Waals surface area contributed by atoms with E-state index in [1.165, 1.54) is 18.7 Å². The van der Waals surface area contributed by atoms with Gasteiger partial charge in [-0.2, -0.15) is 0 Å². The quantitative estimate of drug-likeness (QED) is 0.656. The molecule has 1 aromatic carbocycles.